The molecule has 0 radical (unpaired) electrons. The molecule has 3 aromatic rings. The second-order valence-corrected chi connectivity index (χ2v) is 6.02. The molecule has 3 aromatic heterocycles. The SMILES string of the molecule is Nc1cc(-c2cncn2Cc2cc(Br)cs2)ccn1. The number of thiophene rings is 1. The Balaban J connectivity index is 1.94. The van der Waals surface area contributed by atoms with Gasteiger partial charge in [-0.05, 0) is 34.1 Å². The fourth-order valence-electron chi connectivity index (χ4n) is 1.90. The Morgan fingerprint density at radius 3 is 3.00 bits per heavy atom. The van der Waals surface area contributed by atoms with Gasteiger partial charge in [0.2, 0.25) is 0 Å². The third-order valence-corrected chi connectivity index (χ3v) is 4.42. The molecule has 2 N–H and O–H groups in total. The van der Waals surface area contributed by atoms with Gasteiger partial charge in [-0.15, -0.1) is 11.3 Å². The Morgan fingerprint density at radius 1 is 1.37 bits per heavy atom. The molecular formula is C13H11BrN4S. The number of halogens is 1. The summed E-state index contributed by atoms with van der Waals surface area (Å²) in [6.45, 7) is 0.799. The number of hydrogen-bond donors (Lipinski definition) is 1. The van der Waals surface area contributed by atoms with Gasteiger partial charge in [0.15, 0.2) is 0 Å². The molecule has 0 spiro atoms. The predicted octanol–water partition coefficient (Wildman–Crippen LogP) is 3.40. The quantitative estimate of drug-likeness (QED) is 0.798. The van der Waals surface area contributed by atoms with Gasteiger partial charge in [0.25, 0.3) is 0 Å². The van der Waals surface area contributed by atoms with Crippen LogP contribution in [0, 0.1) is 0 Å². The summed E-state index contributed by atoms with van der Waals surface area (Å²) in [6.07, 6.45) is 5.39. The molecule has 0 atom stereocenters. The minimum absolute atomic E-state index is 0.518. The maximum atomic E-state index is 5.73. The number of aromatic nitrogens is 3. The summed E-state index contributed by atoms with van der Waals surface area (Å²) in [5.41, 5.74) is 7.79. The lowest BCUT2D eigenvalue weighted by atomic mass is 10.2. The van der Waals surface area contributed by atoms with Gasteiger partial charge in [0, 0.05) is 26.5 Å². The molecule has 0 unspecified atom stereocenters. The molecule has 19 heavy (non-hydrogen) atoms. The van der Waals surface area contributed by atoms with Crippen molar-refractivity contribution in [2.75, 3.05) is 5.73 Å². The highest BCUT2D eigenvalue weighted by atomic mass is 79.9. The topological polar surface area (TPSA) is 56.7 Å². The van der Waals surface area contributed by atoms with Crippen molar-refractivity contribution in [2.24, 2.45) is 0 Å². The summed E-state index contributed by atoms with van der Waals surface area (Å²) < 4.78 is 3.22. The van der Waals surface area contributed by atoms with Crippen molar-refractivity contribution in [3.05, 3.63) is 51.7 Å². The van der Waals surface area contributed by atoms with Crippen molar-refractivity contribution >= 4 is 33.1 Å². The summed E-state index contributed by atoms with van der Waals surface area (Å²) in [6, 6.07) is 5.92. The molecule has 0 aliphatic heterocycles. The van der Waals surface area contributed by atoms with Crippen molar-refractivity contribution in [3.8, 4) is 11.3 Å². The van der Waals surface area contributed by atoms with Crippen molar-refractivity contribution < 1.29 is 0 Å². The molecule has 0 bridgehead atoms. The van der Waals surface area contributed by atoms with E-state index in [9.17, 15) is 0 Å². The Morgan fingerprint density at radius 2 is 2.26 bits per heavy atom. The highest BCUT2D eigenvalue weighted by molar-refractivity contribution is 9.10. The highest BCUT2D eigenvalue weighted by Gasteiger charge is 2.07. The lowest BCUT2D eigenvalue weighted by molar-refractivity contribution is 0.817. The molecule has 0 amide bonds. The normalized spacial score (nSPS) is 10.8. The number of rotatable bonds is 3. The number of nitrogen functional groups attached to an aromatic ring is 1. The monoisotopic (exact) mass is 334 g/mol. The van der Waals surface area contributed by atoms with E-state index < -0.39 is 0 Å². The zero-order chi connectivity index (χ0) is 13.2. The minimum Gasteiger partial charge on any atom is -0.384 e. The van der Waals surface area contributed by atoms with E-state index in [0.717, 1.165) is 22.3 Å². The van der Waals surface area contributed by atoms with Crippen LogP contribution < -0.4 is 5.73 Å². The number of anilines is 1. The molecule has 0 aromatic carbocycles. The molecule has 0 saturated carbocycles. The van der Waals surface area contributed by atoms with Crippen molar-refractivity contribution in [1.82, 2.24) is 14.5 Å². The smallest absolute Gasteiger partial charge is 0.123 e. The third-order valence-electron chi connectivity index (χ3n) is 2.74. The van der Waals surface area contributed by atoms with Gasteiger partial charge in [-0.1, -0.05) is 0 Å². The molecule has 6 heteroatoms. The van der Waals surface area contributed by atoms with Crippen LogP contribution in [-0.4, -0.2) is 14.5 Å². The Kier molecular flexibility index (Phi) is 3.35. The average molecular weight is 335 g/mol. The first kappa shape index (κ1) is 12.4. The van der Waals surface area contributed by atoms with E-state index in [-0.39, 0.29) is 0 Å². The summed E-state index contributed by atoms with van der Waals surface area (Å²) in [5, 5.41) is 2.08. The zero-order valence-corrected chi connectivity index (χ0v) is 12.4. The molecule has 0 aliphatic rings. The molecule has 0 aliphatic carbocycles. The van der Waals surface area contributed by atoms with E-state index >= 15 is 0 Å². The minimum atomic E-state index is 0.518. The maximum Gasteiger partial charge on any atom is 0.123 e. The molecule has 3 heterocycles. The van der Waals surface area contributed by atoms with Crippen LogP contribution in [0.1, 0.15) is 4.88 Å². The first-order valence-corrected chi connectivity index (χ1v) is 7.34. The number of imidazole rings is 1. The molecule has 0 saturated heterocycles. The second kappa shape index (κ2) is 5.14. The maximum absolute atomic E-state index is 5.73. The first-order valence-electron chi connectivity index (χ1n) is 5.67. The number of nitrogens with two attached hydrogens (primary N) is 1. The fraction of sp³-hybridized carbons (Fsp3) is 0.0769. The summed E-state index contributed by atoms with van der Waals surface area (Å²) in [4.78, 5) is 9.51. The number of pyridine rings is 1. The van der Waals surface area contributed by atoms with Gasteiger partial charge in [-0.3, -0.25) is 0 Å². The van der Waals surface area contributed by atoms with Crippen LogP contribution in [0.25, 0.3) is 11.3 Å². The predicted molar refractivity (Wildman–Crippen MR) is 81.0 cm³/mol. The van der Waals surface area contributed by atoms with E-state index in [1.165, 1.54) is 4.88 Å². The second-order valence-electron chi connectivity index (χ2n) is 4.11. The van der Waals surface area contributed by atoms with Gasteiger partial charge in [0.05, 0.1) is 24.8 Å². The molecule has 0 fully saturated rings. The van der Waals surface area contributed by atoms with Crippen LogP contribution in [0.3, 0.4) is 0 Å². The number of nitrogens with zero attached hydrogens (tertiary/aromatic N) is 3. The van der Waals surface area contributed by atoms with E-state index in [1.54, 1.807) is 17.5 Å². The number of hydrogen-bond acceptors (Lipinski definition) is 4. The lowest BCUT2D eigenvalue weighted by Crippen LogP contribution is -1.99. The third kappa shape index (κ3) is 2.69. The molecule has 3 rings (SSSR count). The van der Waals surface area contributed by atoms with Gasteiger partial charge < -0.3 is 10.3 Å². The molecular weight excluding hydrogens is 324 g/mol. The lowest BCUT2D eigenvalue weighted by Gasteiger charge is -2.07. The highest BCUT2D eigenvalue weighted by Crippen LogP contribution is 2.24. The first-order chi connectivity index (χ1) is 9.22. The van der Waals surface area contributed by atoms with E-state index in [0.29, 0.717) is 5.82 Å². The van der Waals surface area contributed by atoms with Crippen LogP contribution in [0.5, 0.6) is 0 Å². The van der Waals surface area contributed by atoms with E-state index in [2.05, 4.69) is 41.9 Å². The Bertz CT molecular complexity index is 704. The Hall–Kier alpha value is -1.66. The molecule has 96 valence electrons. The largest absolute Gasteiger partial charge is 0.384 e. The van der Waals surface area contributed by atoms with Crippen LogP contribution in [0.4, 0.5) is 5.82 Å². The van der Waals surface area contributed by atoms with E-state index in [1.807, 2.05) is 24.7 Å². The van der Waals surface area contributed by atoms with Crippen molar-refractivity contribution in [1.29, 1.82) is 0 Å². The van der Waals surface area contributed by atoms with Gasteiger partial charge in [-0.2, -0.15) is 0 Å². The van der Waals surface area contributed by atoms with Crippen molar-refractivity contribution in [2.45, 2.75) is 6.54 Å². The standard InChI is InChI=1S/C13H11BrN4S/c14-10-4-11(19-7-10)6-18-8-16-5-12(18)9-1-2-17-13(15)3-9/h1-5,7-8H,6H2,(H2,15,17). The molecule has 4 nitrogen and oxygen atoms in total. The summed E-state index contributed by atoms with van der Waals surface area (Å²) in [7, 11) is 0. The van der Waals surface area contributed by atoms with Gasteiger partial charge >= 0.3 is 0 Å². The van der Waals surface area contributed by atoms with E-state index in [4.69, 9.17) is 5.73 Å². The van der Waals surface area contributed by atoms with Gasteiger partial charge in [0.1, 0.15) is 5.82 Å². The van der Waals surface area contributed by atoms with Crippen LogP contribution >= 0.6 is 27.3 Å². The summed E-state index contributed by atoms with van der Waals surface area (Å²) >= 11 is 5.19. The van der Waals surface area contributed by atoms with Crippen LogP contribution in [0.2, 0.25) is 0 Å². The van der Waals surface area contributed by atoms with Crippen molar-refractivity contribution in [3.63, 3.8) is 0 Å². The Labute approximate surface area is 123 Å². The zero-order valence-electron chi connectivity index (χ0n) is 9.95. The fourth-order valence-corrected chi connectivity index (χ4v) is 3.35. The van der Waals surface area contributed by atoms with Gasteiger partial charge in [-0.25, -0.2) is 9.97 Å². The van der Waals surface area contributed by atoms with Crippen LogP contribution in [-0.2, 0) is 6.54 Å². The summed E-state index contributed by atoms with van der Waals surface area (Å²) in [5.74, 6) is 0.518. The average Bonchev–Trinajstić information content (AvgIpc) is 2.99. The van der Waals surface area contributed by atoms with Crippen LogP contribution in [0.15, 0.2) is 46.8 Å².